The van der Waals surface area contributed by atoms with Gasteiger partial charge in [-0.3, -0.25) is 4.79 Å². The van der Waals surface area contributed by atoms with E-state index < -0.39 is 0 Å². The summed E-state index contributed by atoms with van der Waals surface area (Å²) in [5.41, 5.74) is 0. The van der Waals surface area contributed by atoms with Gasteiger partial charge in [0.1, 0.15) is 6.61 Å². The van der Waals surface area contributed by atoms with Crippen molar-refractivity contribution in [2.45, 2.75) is 46.0 Å². The lowest BCUT2D eigenvalue weighted by Gasteiger charge is -2.04. The molecule has 0 unspecified atom stereocenters. The van der Waals surface area contributed by atoms with Crippen molar-refractivity contribution in [2.24, 2.45) is 0 Å². The first-order chi connectivity index (χ1) is 6.81. The van der Waals surface area contributed by atoms with E-state index in [0.29, 0.717) is 6.61 Å². The van der Waals surface area contributed by atoms with Crippen LogP contribution in [0.2, 0.25) is 0 Å². The molecule has 0 radical (unpaired) electrons. The van der Waals surface area contributed by atoms with Crippen LogP contribution in [0.1, 0.15) is 46.0 Å². The molecule has 0 aromatic heterocycles. The highest BCUT2D eigenvalue weighted by molar-refractivity contribution is 5.77. The Balaban J connectivity index is 3.07. The van der Waals surface area contributed by atoms with Crippen LogP contribution in [-0.2, 0) is 9.53 Å². The second-order valence-corrected chi connectivity index (χ2v) is 3.40. The Kier molecular flexibility index (Phi) is 10.1. The van der Waals surface area contributed by atoms with E-state index in [1.807, 2.05) is 6.92 Å². The second kappa shape index (κ2) is 10.5. The van der Waals surface area contributed by atoms with Crippen LogP contribution in [0.5, 0.6) is 0 Å². The van der Waals surface area contributed by atoms with Gasteiger partial charge in [0, 0.05) is 13.2 Å². The number of nitrogens with one attached hydrogen (secondary N) is 1. The van der Waals surface area contributed by atoms with Gasteiger partial charge in [-0.25, -0.2) is 0 Å². The highest BCUT2D eigenvalue weighted by Crippen LogP contribution is 2.00. The van der Waals surface area contributed by atoms with Gasteiger partial charge in [-0.15, -0.1) is 0 Å². The van der Waals surface area contributed by atoms with Gasteiger partial charge in [0.2, 0.25) is 5.91 Å². The minimum absolute atomic E-state index is 0.00217. The summed E-state index contributed by atoms with van der Waals surface area (Å²) in [6.07, 6.45) is 6.13. The highest BCUT2D eigenvalue weighted by atomic mass is 16.5. The van der Waals surface area contributed by atoms with Crippen LogP contribution in [0.25, 0.3) is 0 Å². The van der Waals surface area contributed by atoms with E-state index >= 15 is 0 Å². The third-order valence-corrected chi connectivity index (χ3v) is 2.04. The molecule has 1 N–H and O–H groups in total. The van der Waals surface area contributed by atoms with Crippen LogP contribution in [0.4, 0.5) is 0 Å². The van der Waals surface area contributed by atoms with Crippen LogP contribution in [0.15, 0.2) is 0 Å². The summed E-state index contributed by atoms with van der Waals surface area (Å²) in [5.74, 6) is 0.00217. The number of carbonyl (C=O) groups is 1. The summed E-state index contributed by atoms with van der Waals surface area (Å²) in [7, 11) is 0. The molecule has 0 aromatic carbocycles. The van der Waals surface area contributed by atoms with Crippen molar-refractivity contribution in [1.29, 1.82) is 0 Å². The number of amides is 1. The average molecular weight is 201 g/mol. The Morgan fingerprint density at radius 3 is 2.50 bits per heavy atom. The number of rotatable bonds is 9. The van der Waals surface area contributed by atoms with Gasteiger partial charge < -0.3 is 10.1 Å². The maximum atomic E-state index is 11.1. The minimum atomic E-state index is 0.00217. The summed E-state index contributed by atoms with van der Waals surface area (Å²) >= 11 is 0. The van der Waals surface area contributed by atoms with Crippen molar-refractivity contribution in [1.82, 2.24) is 5.32 Å². The fraction of sp³-hybridized carbons (Fsp3) is 0.909. The Morgan fingerprint density at radius 2 is 1.86 bits per heavy atom. The van der Waals surface area contributed by atoms with Crippen LogP contribution in [0.3, 0.4) is 0 Å². The third kappa shape index (κ3) is 9.52. The van der Waals surface area contributed by atoms with E-state index in [2.05, 4.69) is 12.2 Å². The molecule has 0 fully saturated rings. The van der Waals surface area contributed by atoms with E-state index in [-0.39, 0.29) is 12.5 Å². The SMILES string of the molecule is CCCCCCCNC(=O)COCC. The first kappa shape index (κ1) is 13.4. The molecule has 3 nitrogen and oxygen atoms in total. The zero-order valence-corrected chi connectivity index (χ0v) is 9.47. The molecule has 0 heterocycles. The Morgan fingerprint density at radius 1 is 1.14 bits per heavy atom. The van der Waals surface area contributed by atoms with Crippen molar-refractivity contribution in [2.75, 3.05) is 19.8 Å². The quantitative estimate of drug-likeness (QED) is 0.580. The summed E-state index contributed by atoms with van der Waals surface area (Å²) in [4.78, 5) is 11.1. The lowest BCUT2D eigenvalue weighted by atomic mass is 10.1. The molecule has 0 aliphatic heterocycles. The molecule has 14 heavy (non-hydrogen) atoms. The molecule has 0 saturated heterocycles. The molecular formula is C11H23NO2. The van der Waals surface area contributed by atoms with Crippen molar-refractivity contribution in [3.8, 4) is 0 Å². The van der Waals surface area contributed by atoms with Crippen LogP contribution in [-0.4, -0.2) is 25.7 Å². The van der Waals surface area contributed by atoms with Gasteiger partial charge in [-0.05, 0) is 13.3 Å². The lowest BCUT2D eigenvalue weighted by molar-refractivity contribution is -0.125. The van der Waals surface area contributed by atoms with Crippen molar-refractivity contribution >= 4 is 5.91 Å². The number of hydrogen-bond acceptors (Lipinski definition) is 2. The van der Waals surface area contributed by atoms with Gasteiger partial charge in [-0.1, -0.05) is 32.6 Å². The molecule has 0 aliphatic carbocycles. The minimum Gasteiger partial charge on any atom is -0.372 e. The standard InChI is InChI=1S/C11H23NO2/c1-3-5-6-7-8-9-12-11(13)10-14-4-2/h3-10H2,1-2H3,(H,12,13). The number of ether oxygens (including phenoxy) is 1. The molecule has 0 atom stereocenters. The first-order valence-corrected chi connectivity index (χ1v) is 5.65. The van der Waals surface area contributed by atoms with E-state index in [1.165, 1.54) is 25.7 Å². The molecule has 1 amide bonds. The Hall–Kier alpha value is -0.570. The maximum absolute atomic E-state index is 11.1. The van der Waals surface area contributed by atoms with E-state index in [1.54, 1.807) is 0 Å². The van der Waals surface area contributed by atoms with Crippen LogP contribution in [0, 0.1) is 0 Å². The number of hydrogen-bond donors (Lipinski definition) is 1. The van der Waals surface area contributed by atoms with Crippen LogP contribution >= 0.6 is 0 Å². The fourth-order valence-corrected chi connectivity index (χ4v) is 1.20. The topological polar surface area (TPSA) is 38.3 Å². The summed E-state index contributed by atoms with van der Waals surface area (Å²) in [6, 6.07) is 0. The molecule has 0 aromatic rings. The molecule has 0 spiro atoms. The average Bonchev–Trinajstić information content (AvgIpc) is 2.20. The smallest absolute Gasteiger partial charge is 0.245 e. The molecule has 3 heteroatoms. The van der Waals surface area contributed by atoms with Gasteiger partial charge in [0.15, 0.2) is 0 Å². The first-order valence-electron chi connectivity index (χ1n) is 5.65. The van der Waals surface area contributed by atoms with Gasteiger partial charge in [0.25, 0.3) is 0 Å². The Labute approximate surface area is 87.2 Å². The predicted molar refractivity (Wildman–Crippen MR) is 58.3 cm³/mol. The zero-order valence-electron chi connectivity index (χ0n) is 9.47. The summed E-state index contributed by atoms with van der Waals surface area (Å²) < 4.78 is 4.98. The third-order valence-electron chi connectivity index (χ3n) is 2.04. The fourth-order valence-electron chi connectivity index (χ4n) is 1.20. The van der Waals surface area contributed by atoms with Crippen molar-refractivity contribution in [3.05, 3.63) is 0 Å². The summed E-state index contributed by atoms with van der Waals surface area (Å²) in [5, 5.41) is 2.83. The molecule has 0 bridgehead atoms. The lowest BCUT2D eigenvalue weighted by Crippen LogP contribution is -2.28. The Bertz CT molecular complexity index is 137. The largest absolute Gasteiger partial charge is 0.372 e. The van der Waals surface area contributed by atoms with Crippen molar-refractivity contribution in [3.63, 3.8) is 0 Å². The zero-order chi connectivity index (χ0) is 10.6. The maximum Gasteiger partial charge on any atom is 0.245 e. The van der Waals surface area contributed by atoms with E-state index in [4.69, 9.17) is 4.74 Å². The molecule has 0 saturated carbocycles. The predicted octanol–water partition coefficient (Wildman–Crippen LogP) is 2.11. The second-order valence-electron chi connectivity index (χ2n) is 3.40. The molecule has 0 rings (SSSR count). The molecular weight excluding hydrogens is 178 g/mol. The van der Waals surface area contributed by atoms with E-state index in [9.17, 15) is 4.79 Å². The van der Waals surface area contributed by atoms with Gasteiger partial charge in [-0.2, -0.15) is 0 Å². The number of unbranched alkanes of at least 4 members (excludes halogenated alkanes) is 4. The molecule has 84 valence electrons. The monoisotopic (exact) mass is 201 g/mol. The normalized spacial score (nSPS) is 10.1. The summed E-state index contributed by atoms with van der Waals surface area (Å²) in [6.45, 7) is 5.67. The highest BCUT2D eigenvalue weighted by Gasteiger charge is 1.98. The van der Waals surface area contributed by atoms with Gasteiger partial charge >= 0.3 is 0 Å². The molecule has 0 aliphatic rings. The van der Waals surface area contributed by atoms with E-state index in [0.717, 1.165) is 13.0 Å². The van der Waals surface area contributed by atoms with Crippen LogP contribution < -0.4 is 5.32 Å². The van der Waals surface area contributed by atoms with Gasteiger partial charge in [0.05, 0.1) is 0 Å². The van der Waals surface area contributed by atoms with Crippen molar-refractivity contribution < 1.29 is 9.53 Å². The number of carbonyl (C=O) groups excluding carboxylic acids is 1.